The third kappa shape index (κ3) is 5.60. The average Bonchev–Trinajstić information content (AvgIpc) is 2.96. The van der Waals surface area contributed by atoms with Crippen LogP contribution in [0, 0.1) is 0 Å². The summed E-state index contributed by atoms with van der Waals surface area (Å²) in [7, 11) is 1.66. The summed E-state index contributed by atoms with van der Waals surface area (Å²) >= 11 is 0. The number of hydrogen-bond acceptors (Lipinski definition) is 5. The van der Waals surface area contributed by atoms with E-state index in [1.807, 2.05) is 6.07 Å². The Morgan fingerprint density at radius 3 is 2.54 bits per heavy atom. The first-order chi connectivity index (χ1) is 12.4. The lowest BCUT2D eigenvalue weighted by molar-refractivity contribution is 0.0705. The van der Waals surface area contributed by atoms with E-state index in [4.69, 9.17) is 9.47 Å². The number of ether oxygens (including phenoxy) is 2. The van der Waals surface area contributed by atoms with Gasteiger partial charge in [0.1, 0.15) is 12.7 Å². The smallest absolute Gasteiger partial charge is 0.161 e. The summed E-state index contributed by atoms with van der Waals surface area (Å²) in [5.74, 6) is 1.42. The highest BCUT2D eigenvalue weighted by Crippen LogP contribution is 2.33. The predicted molar refractivity (Wildman–Crippen MR) is 106 cm³/mol. The summed E-state index contributed by atoms with van der Waals surface area (Å²) in [6, 6.07) is 6.12. The van der Waals surface area contributed by atoms with Crippen LogP contribution < -0.4 is 9.47 Å². The van der Waals surface area contributed by atoms with Gasteiger partial charge in [0.2, 0.25) is 0 Å². The van der Waals surface area contributed by atoms with Gasteiger partial charge in [-0.25, -0.2) is 0 Å². The summed E-state index contributed by atoms with van der Waals surface area (Å²) in [5, 5.41) is 10.2. The molecular formula is C21H36N2O3. The molecule has 26 heavy (non-hydrogen) atoms. The third-order valence-electron chi connectivity index (χ3n) is 5.47. The fraction of sp³-hybridized carbons (Fsp3) is 0.714. The van der Waals surface area contributed by atoms with Crippen molar-refractivity contribution in [3.63, 3.8) is 0 Å². The van der Waals surface area contributed by atoms with Crippen molar-refractivity contribution >= 4 is 0 Å². The fourth-order valence-corrected chi connectivity index (χ4v) is 3.62. The zero-order chi connectivity index (χ0) is 19.2. The molecule has 1 aromatic rings. The van der Waals surface area contributed by atoms with Crippen LogP contribution in [-0.4, -0.2) is 66.4 Å². The van der Waals surface area contributed by atoms with Crippen LogP contribution in [0.5, 0.6) is 11.5 Å². The standard InChI is InChI=1S/C21H36N2O3/c1-6-22(7-2)15-18(24)16-26-19-10-9-17(13-20(19)25-5)14-23-12-8-11-21(23,3)4/h9-10,13,18,24H,6-8,11-12,14-16H2,1-5H3/t18-/m1/s1. The first-order valence-electron chi connectivity index (χ1n) is 9.84. The van der Waals surface area contributed by atoms with E-state index in [0.29, 0.717) is 12.3 Å². The second-order valence-corrected chi connectivity index (χ2v) is 7.77. The molecule has 1 fully saturated rings. The van der Waals surface area contributed by atoms with E-state index >= 15 is 0 Å². The molecule has 0 aromatic heterocycles. The first kappa shape index (κ1) is 21.0. The zero-order valence-corrected chi connectivity index (χ0v) is 17.1. The van der Waals surface area contributed by atoms with E-state index in [1.165, 1.54) is 18.4 Å². The van der Waals surface area contributed by atoms with Gasteiger partial charge in [-0.15, -0.1) is 0 Å². The first-order valence-corrected chi connectivity index (χ1v) is 9.84. The van der Waals surface area contributed by atoms with E-state index in [1.54, 1.807) is 7.11 Å². The zero-order valence-electron chi connectivity index (χ0n) is 17.1. The maximum Gasteiger partial charge on any atom is 0.161 e. The van der Waals surface area contributed by atoms with Gasteiger partial charge in [-0.05, 0) is 64.0 Å². The molecule has 0 bridgehead atoms. The molecule has 0 unspecified atom stereocenters. The summed E-state index contributed by atoms with van der Waals surface area (Å²) in [6.45, 7) is 13.6. The highest BCUT2D eigenvalue weighted by atomic mass is 16.5. The Kier molecular flexibility index (Phi) is 7.74. The van der Waals surface area contributed by atoms with Crippen molar-refractivity contribution < 1.29 is 14.6 Å². The Bertz CT molecular complexity index is 558. The molecule has 1 aliphatic rings. The van der Waals surface area contributed by atoms with Crippen LogP contribution in [0.25, 0.3) is 0 Å². The van der Waals surface area contributed by atoms with E-state index in [2.05, 4.69) is 49.6 Å². The molecule has 1 heterocycles. The van der Waals surface area contributed by atoms with Crippen molar-refractivity contribution in [2.75, 3.05) is 39.9 Å². The Labute approximate surface area is 158 Å². The van der Waals surface area contributed by atoms with Gasteiger partial charge < -0.3 is 19.5 Å². The number of nitrogens with zero attached hydrogens (tertiary/aromatic N) is 2. The summed E-state index contributed by atoms with van der Waals surface area (Å²) in [5.41, 5.74) is 1.49. The molecule has 2 rings (SSSR count). The minimum absolute atomic E-state index is 0.261. The highest BCUT2D eigenvalue weighted by Gasteiger charge is 2.31. The van der Waals surface area contributed by atoms with Crippen molar-refractivity contribution in [1.29, 1.82) is 0 Å². The molecule has 0 saturated carbocycles. The molecular weight excluding hydrogens is 328 g/mol. The van der Waals surface area contributed by atoms with Crippen molar-refractivity contribution in [1.82, 2.24) is 9.80 Å². The van der Waals surface area contributed by atoms with Crippen LogP contribution in [0.4, 0.5) is 0 Å². The largest absolute Gasteiger partial charge is 0.493 e. The van der Waals surface area contributed by atoms with E-state index < -0.39 is 6.10 Å². The van der Waals surface area contributed by atoms with Gasteiger partial charge in [0.15, 0.2) is 11.5 Å². The van der Waals surface area contributed by atoms with Gasteiger partial charge in [-0.2, -0.15) is 0 Å². The monoisotopic (exact) mass is 364 g/mol. The van der Waals surface area contributed by atoms with Crippen molar-refractivity contribution in [3.05, 3.63) is 23.8 Å². The lowest BCUT2D eigenvalue weighted by Crippen LogP contribution is -2.37. The second-order valence-electron chi connectivity index (χ2n) is 7.77. The van der Waals surface area contributed by atoms with E-state index in [9.17, 15) is 5.11 Å². The van der Waals surface area contributed by atoms with E-state index in [0.717, 1.165) is 31.9 Å². The summed E-state index contributed by atoms with van der Waals surface area (Å²) in [4.78, 5) is 4.71. The normalized spacial score (nSPS) is 18.3. The summed E-state index contributed by atoms with van der Waals surface area (Å²) < 4.78 is 11.4. The molecule has 5 nitrogen and oxygen atoms in total. The molecule has 5 heteroatoms. The number of benzene rings is 1. The van der Waals surface area contributed by atoms with Crippen LogP contribution in [0.2, 0.25) is 0 Å². The Morgan fingerprint density at radius 2 is 1.96 bits per heavy atom. The van der Waals surface area contributed by atoms with Crippen LogP contribution in [0.1, 0.15) is 46.1 Å². The third-order valence-corrected chi connectivity index (χ3v) is 5.47. The van der Waals surface area contributed by atoms with Crippen molar-refractivity contribution in [2.24, 2.45) is 0 Å². The molecule has 0 aliphatic carbocycles. The molecule has 1 saturated heterocycles. The second kappa shape index (κ2) is 9.58. The minimum atomic E-state index is -0.510. The number of hydrogen-bond donors (Lipinski definition) is 1. The SMILES string of the molecule is CCN(CC)C[C@@H](O)COc1ccc(CN2CCCC2(C)C)cc1OC. The maximum absolute atomic E-state index is 10.2. The molecule has 1 aliphatic heterocycles. The molecule has 0 spiro atoms. The number of aliphatic hydroxyl groups is 1. The average molecular weight is 365 g/mol. The molecule has 1 atom stereocenters. The van der Waals surface area contributed by atoms with Crippen LogP contribution in [-0.2, 0) is 6.54 Å². The Morgan fingerprint density at radius 1 is 1.23 bits per heavy atom. The number of likely N-dealkylation sites (N-methyl/N-ethyl adjacent to an activating group) is 1. The Balaban J connectivity index is 1.95. The van der Waals surface area contributed by atoms with Crippen molar-refractivity contribution in [2.45, 2.75) is 58.7 Å². The quantitative estimate of drug-likeness (QED) is 0.691. The maximum atomic E-state index is 10.2. The van der Waals surface area contributed by atoms with Gasteiger partial charge in [-0.1, -0.05) is 19.9 Å². The molecule has 1 aromatic carbocycles. The molecule has 1 N–H and O–H groups in total. The topological polar surface area (TPSA) is 45.2 Å². The minimum Gasteiger partial charge on any atom is -0.493 e. The van der Waals surface area contributed by atoms with Gasteiger partial charge in [-0.3, -0.25) is 4.90 Å². The number of methoxy groups -OCH3 is 1. The predicted octanol–water partition coefficient (Wildman–Crippen LogP) is 3.15. The number of likely N-dealkylation sites (tertiary alicyclic amines) is 1. The lowest BCUT2D eigenvalue weighted by atomic mass is 10.0. The van der Waals surface area contributed by atoms with Gasteiger partial charge in [0.25, 0.3) is 0 Å². The highest BCUT2D eigenvalue weighted by molar-refractivity contribution is 5.43. The molecule has 148 valence electrons. The molecule has 0 amide bonds. The van der Waals surface area contributed by atoms with Gasteiger partial charge >= 0.3 is 0 Å². The number of aliphatic hydroxyl groups excluding tert-OH is 1. The van der Waals surface area contributed by atoms with Gasteiger partial charge in [0, 0.05) is 18.6 Å². The van der Waals surface area contributed by atoms with Gasteiger partial charge in [0.05, 0.1) is 7.11 Å². The Hall–Kier alpha value is -1.30. The summed E-state index contributed by atoms with van der Waals surface area (Å²) in [6.07, 6.45) is 2.00. The lowest BCUT2D eigenvalue weighted by Gasteiger charge is -2.31. The van der Waals surface area contributed by atoms with Crippen LogP contribution in [0.15, 0.2) is 18.2 Å². The van der Waals surface area contributed by atoms with Crippen molar-refractivity contribution in [3.8, 4) is 11.5 Å². The van der Waals surface area contributed by atoms with E-state index in [-0.39, 0.29) is 12.1 Å². The van der Waals surface area contributed by atoms with Crippen LogP contribution in [0.3, 0.4) is 0 Å². The fourth-order valence-electron chi connectivity index (χ4n) is 3.62. The van der Waals surface area contributed by atoms with Crippen LogP contribution >= 0.6 is 0 Å². The molecule has 0 radical (unpaired) electrons. The number of rotatable bonds is 10.